The number of nitrogens with one attached hydrogen (secondary N) is 1. The van der Waals surface area contributed by atoms with E-state index < -0.39 is 11.2 Å². The summed E-state index contributed by atoms with van der Waals surface area (Å²) >= 11 is 1.06. The van der Waals surface area contributed by atoms with Crippen LogP contribution in [0.2, 0.25) is 0 Å². The first-order valence-corrected chi connectivity index (χ1v) is 9.99. The molecule has 0 spiro atoms. The fourth-order valence-electron chi connectivity index (χ4n) is 3.28. The topological polar surface area (TPSA) is 97.2 Å². The summed E-state index contributed by atoms with van der Waals surface area (Å²) in [5.74, 6) is -0.450. The van der Waals surface area contributed by atoms with Crippen LogP contribution in [-0.4, -0.2) is 38.0 Å². The van der Waals surface area contributed by atoms with Gasteiger partial charge in [-0.15, -0.1) is 0 Å². The summed E-state index contributed by atoms with van der Waals surface area (Å²) in [6, 6.07) is 14.6. The number of aromatic amines is 1. The van der Waals surface area contributed by atoms with Gasteiger partial charge in [-0.2, -0.15) is 0 Å². The van der Waals surface area contributed by atoms with E-state index in [-0.39, 0.29) is 5.56 Å². The molecule has 1 atom stereocenters. The number of H-pyrrole nitrogens is 1. The number of aliphatic carboxylic acids is 1. The van der Waals surface area contributed by atoms with Crippen molar-refractivity contribution < 1.29 is 14.6 Å². The number of aromatic nitrogens is 3. The van der Waals surface area contributed by atoms with Crippen molar-refractivity contribution >= 4 is 39.7 Å². The van der Waals surface area contributed by atoms with Crippen molar-refractivity contribution in [2.24, 2.45) is 0 Å². The summed E-state index contributed by atoms with van der Waals surface area (Å²) in [6.45, 7) is 1.79. The highest BCUT2D eigenvalue weighted by Crippen LogP contribution is 2.31. The van der Waals surface area contributed by atoms with E-state index in [4.69, 9.17) is 9.72 Å². The summed E-state index contributed by atoms with van der Waals surface area (Å²) in [5.41, 5.74) is 1.89. The molecule has 0 aliphatic heterocycles. The zero-order chi connectivity index (χ0) is 20.5. The predicted molar refractivity (Wildman–Crippen MR) is 113 cm³/mol. The normalized spacial score (nSPS) is 12.3. The van der Waals surface area contributed by atoms with E-state index >= 15 is 0 Å². The standard InChI is InChI=1S/C21H19N3O4S/c1-3-16(20(26)27)29-21-23-17-12-8-4-5-9-13(12)22-18(17)19(25)24(21)14-10-6-7-11-15(14)28-2/h4-11,16,22H,3H2,1-2H3,(H,26,27)/t16-/m0/s1. The fraction of sp³-hybridized carbons (Fsp3) is 0.190. The SMILES string of the molecule is CC[C@H](Sc1nc2c([nH]c3ccccc32)c(=O)n1-c1ccccc1OC)C(=O)O. The molecule has 0 fully saturated rings. The van der Waals surface area contributed by atoms with Crippen LogP contribution in [-0.2, 0) is 4.79 Å². The van der Waals surface area contributed by atoms with Gasteiger partial charge in [-0.3, -0.25) is 9.59 Å². The molecule has 0 saturated carbocycles. The molecule has 0 saturated heterocycles. The molecule has 29 heavy (non-hydrogen) atoms. The number of hydrogen-bond donors (Lipinski definition) is 2. The Morgan fingerprint density at radius 1 is 1.24 bits per heavy atom. The Morgan fingerprint density at radius 2 is 1.97 bits per heavy atom. The van der Waals surface area contributed by atoms with Gasteiger partial charge in [0.05, 0.1) is 12.8 Å². The van der Waals surface area contributed by atoms with Gasteiger partial charge in [0.1, 0.15) is 22.0 Å². The van der Waals surface area contributed by atoms with Crippen LogP contribution in [0.1, 0.15) is 13.3 Å². The summed E-state index contributed by atoms with van der Waals surface area (Å²) in [4.78, 5) is 33.0. The number of thioether (sulfide) groups is 1. The number of carboxylic acid groups (broad SMARTS) is 1. The van der Waals surface area contributed by atoms with Crippen molar-refractivity contribution in [3.8, 4) is 11.4 Å². The molecule has 2 heterocycles. The third-order valence-electron chi connectivity index (χ3n) is 4.71. The molecule has 4 aromatic rings. The molecule has 7 nitrogen and oxygen atoms in total. The van der Waals surface area contributed by atoms with Crippen LogP contribution in [0.3, 0.4) is 0 Å². The van der Waals surface area contributed by atoms with Crippen molar-refractivity contribution in [3.63, 3.8) is 0 Å². The summed E-state index contributed by atoms with van der Waals surface area (Å²) in [5, 5.41) is 9.94. The molecule has 0 amide bonds. The third-order valence-corrected chi connectivity index (χ3v) is 6.02. The Labute approximate surface area is 170 Å². The summed E-state index contributed by atoms with van der Waals surface area (Å²) in [7, 11) is 1.53. The zero-order valence-electron chi connectivity index (χ0n) is 15.9. The summed E-state index contributed by atoms with van der Waals surface area (Å²) < 4.78 is 6.86. The predicted octanol–water partition coefficient (Wildman–Crippen LogP) is 3.83. The van der Waals surface area contributed by atoms with Gasteiger partial charge >= 0.3 is 5.97 Å². The smallest absolute Gasteiger partial charge is 0.317 e. The number of hydrogen-bond acceptors (Lipinski definition) is 5. The Balaban J connectivity index is 2.07. The molecule has 2 aromatic heterocycles. The van der Waals surface area contributed by atoms with Gasteiger partial charge in [0.15, 0.2) is 5.16 Å². The Hall–Kier alpha value is -3.26. The molecule has 0 radical (unpaired) electrons. The van der Waals surface area contributed by atoms with E-state index in [1.165, 1.54) is 11.7 Å². The van der Waals surface area contributed by atoms with E-state index in [2.05, 4.69) is 4.98 Å². The molecule has 0 bridgehead atoms. The minimum Gasteiger partial charge on any atom is -0.495 e. The van der Waals surface area contributed by atoms with Gasteiger partial charge in [-0.25, -0.2) is 9.55 Å². The Morgan fingerprint density at radius 3 is 2.69 bits per heavy atom. The zero-order valence-corrected chi connectivity index (χ0v) is 16.7. The number of nitrogens with zero attached hydrogens (tertiary/aromatic N) is 2. The maximum absolute atomic E-state index is 13.5. The molecule has 8 heteroatoms. The molecule has 0 aliphatic rings. The number of benzene rings is 2. The third kappa shape index (κ3) is 3.25. The molecule has 148 valence electrons. The Kier molecular flexibility index (Phi) is 5.02. The largest absolute Gasteiger partial charge is 0.495 e. The van der Waals surface area contributed by atoms with Crippen molar-refractivity contribution in [1.82, 2.24) is 14.5 Å². The van der Waals surface area contributed by atoms with E-state index in [0.29, 0.717) is 34.0 Å². The molecule has 2 aromatic carbocycles. The Bertz CT molecular complexity index is 1280. The van der Waals surface area contributed by atoms with Crippen LogP contribution in [0.15, 0.2) is 58.5 Å². The quantitative estimate of drug-likeness (QED) is 0.371. The lowest BCUT2D eigenvalue weighted by atomic mass is 10.2. The number of fused-ring (bicyclic) bond motifs is 3. The molecule has 4 rings (SSSR count). The lowest BCUT2D eigenvalue weighted by Crippen LogP contribution is -2.24. The first kappa shape index (κ1) is 19.1. The van der Waals surface area contributed by atoms with Crippen LogP contribution in [0.4, 0.5) is 0 Å². The van der Waals surface area contributed by atoms with Gasteiger partial charge in [-0.1, -0.05) is 49.0 Å². The number of carboxylic acids is 1. The first-order chi connectivity index (χ1) is 14.0. The fourth-order valence-corrected chi connectivity index (χ4v) is 4.24. The highest BCUT2D eigenvalue weighted by Gasteiger charge is 2.24. The monoisotopic (exact) mass is 409 g/mol. The van der Waals surface area contributed by atoms with Gasteiger partial charge in [0.25, 0.3) is 5.56 Å². The molecular weight excluding hydrogens is 390 g/mol. The van der Waals surface area contributed by atoms with Gasteiger partial charge in [-0.05, 0) is 24.6 Å². The van der Waals surface area contributed by atoms with Crippen LogP contribution in [0.25, 0.3) is 27.6 Å². The minimum absolute atomic E-state index is 0.307. The van der Waals surface area contributed by atoms with Crippen LogP contribution < -0.4 is 10.3 Å². The van der Waals surface area contributed by atoms with Crippen molar-refractivity contribution in [1.29, 1.82) is 0 Å². The minimum atomic E-state index is -0.947. The van der Waals surface area contributed by atoms with E-state index in [0.717, 1.165) is 22.7 Å². The maximum atomic E-state index is 13.5. The molecular formula is C21H19N3O4S. The lowest BCUT2D eigenvalue weighted by Gasteiger charge is -2.16. The van der Waals surface area contributed by atoms with Crippen molar-refractivity contribution in [3.05, 3.63) is 58.9 Å². The number of methoxy groups -OCH3 is 1. The van der Waals surface area contributed by atoms with Crippen LogP contribution >= 0.6 is 11.8 Å². The molecule has 0 aliphatic carbocycles. The number of para-hydroxylation sites is 3. The maximum Gasteiger partial charge on any atom is 0.317 e. The van der Waals surface area contributed by atoms with E-state index in [1.807, 2.05) is 24.3 Å². The molecule has 0 unspecified atom stereocenters. The highest BCUT2D eigenvalue weighted by molar-refractivity contribution is 8.00. The number of ether oxygens (including phenoxy) is 1. The number of carbonyl (C=O) groups is 1. The highest BCUT2D eigenvalue weighted by atomic mass is 32.2. The lowest BCUT2D eigenvalue weighted by molar-refractivity contribution is -0.136. The van der Waals surface area contributed by atoms with Gasteiger partial charge < -0.3 is 14.8 Å². The second-order valence-electron chi connectivity index (χ2n) is 6.45. The van der Waals surface area contributed by atoms with E-state index in [1.54, 1.807) is 31.2 Å². The van der Waals surface area contributed by atoms with Crippen LogP contribution in [0, 0.1) is 0 Å². The second kappa shape index (κ2) is 7.63. The average Bonchev–Trinajstić information content (AvgIpc) is 3.11. The summed E-state index contributed by atoms with van der Waals surface area (Å²) in [6.07, 6.45) is 0.397. The first-order valence-electron chi connectivity index (χ1n) is 9.11. The number of rotatable bonds is 6. The van der Waals surface area contributed by atoms with Gasteiger partial charge in [0.2, 0.25) is 0 Å². The van der Waals surface area contributed by atoms with Crippen LogP contribution in [0.5, 0.6) is 5.75 Å². The van der Waals surface area contributed by atoms with Gasteiger partial charge in [0, 0.05) is 10.9 Å². The van der Waals surface area contributed by atoms with Crippen molar-refractivity contribution in [2.75, 3.05) is 7.11 Å². The van der Waals surface area contributed by atoms with Crippen molar-refractivity contribution in [2.45, 2.75) is 23.8 Å². The van der Waals surface area contributed by atoms with E-state index in [9.17, 15) is 14.7 Å². The molecule has 2 N–H and O–H groups in total. The average molecular weight is 409 g/mol. The second-order valence-corrected chi connectivity index (χ2v) is 7.62.